The number of nitrogens with zero attached hydrogens (tertiary/aromatic N) is 2. The van der Waals surface area contributed by atoms with Gasteiger partial charge in [-0.25, -0.2) is 0 Å². The molecule has 2 saturated heterocycles. The molecule has 0 bridgehead atoms. The number of fused-ring (bicyclic) bond motifs is 1. The third-order valence-electron chi connectivity index (χ3n) is 4.59. The van der Waals surface area contributed by atoms with E-state index >= 15 is 0 Å². The summed E-state index contributed by atoms with van der Waals surface area (Å²) in [7, 11) is 0. The summed E-state index contributed by atoms with van der Waals surface area (Å²) in [6.45, 7) is 7.28. The molecule has 2 atom stereocenters. The zero-order valence-electron chi connectivity index (χ0n) is 11.7. The molecule has 1 aromatic rings. The number of piperazine rings is 1. The molecule has 3 heteroatoms. The smallest absolute Gasteiger partial charge is 0.0238 e. The first-order valence-electron chi connectivity index (χ1n) is 7.45. The van der Waals surface area contributed by atoms with Gasteiger partial charge in [0.1, 0.15) is 0 Å². The first-order chi connectivity index (χ1) is 9.22. The molecule has 2 aliphatic heterocycles. The second-order valence-electron chi connectivity index (χ2n) is 6.05. The Morgan fingerprint density at radius 1 is 1.26 bits per heavy atom. The van der Waals surface area contributed by atoms with Crippen LogP contribution in [0.25, 0.3) is 0 Å². The van der Waals surface area contributed by atoms with E-state index in [1.54, 1.807) is 0 Å². The van der Waals surface area contributed by atoms with Crippen LogP contribution in [0, 0.1) is 0 Å². The molecule has 2 nitrogen and oxygen atoms in total. The first kappa shape index (κ1) is 13.6. The fourth-order valence-corrected chi connectivity index (χ4v) is 3.95. The molecule has 0 unspecified atom stereocenters. The molecule has 0 saturated carbocycles. The molecule has 2 fully saturated rings. The van der Waals surface area contributed by atoms with Crippen LogP contribution in [0.2, 0.25) is 0 Å². The minimum atomic E-state index is 0.674. The lowest BCUT2D eigenvalue weighted by molar-refractivity contribution is 0.0111. The highest BCUT2D eigenvalue weighted by molar-refractivity contribution is 9.10. The van der Waals surface area contributed by atoms with E-state index in [-0.39, 0.29) is 0 Å². The molecule has 2 aliphatic rings. The van der Waals surface area contributed by atoms with Crippen molar-refractivity contribution in [2.45, 2.75) is 44.8 Å². The second kappa shape index (κ2) is 5.94. The van der Waals surface area contributed by atoms with Crippen LogP contribution in [-0.2, 0) is 6.54 Å². The molecule has 1 aromatic carbocycles. The Labute approximate surface area is 124 Å². The number of halogens is 1. The van der Waals surface area contributed by atoms with Crippen molar-refractivity contribution < 1.29 is 0 Å². The van der Waals surface area contributed by atoms with E-state index < -0.39 is 0 Å². The average Bonchev–Trinajstić information content (AvgIpc) is 2.40. The van der Waals surface area contributed by atoms with Gasteiger partial charge in [0.15, 0.2) is 0 Å². The minimum absolute atomic E-state index is 0.674. The van der Waals surface area contributed by atoms with Crippen LogP contribution in [0.15, 0.2) is 28.7 Å². The maximum Gasteiger partial charge on any atom is 0.0238 e. The number of piperidine rings is 1. The maximum atomic E-state index is 3.57. The first-order valence-corrected chi connectivity index (χ1v) is 8.24. The van der Waals surface area contributed by atoms with Gasteiger partial charge in [-0.05, 0) is 44.0 Å². The predicted molar refractivity (Wildman–Crippen MR) is 83.2 cm³/mol. The maximum absolute atomic E-state index is 3.57. The molecule has 0 spiro atoms. The van der Waals surface area contributed by atoms with Gasteiger partial charge < -0.3 is 0 Å². The lowest BCUT2D eigenvalue weighted by Gasteiger charge is -2.47. The molecule has 104 valence electrons. The standard InChI is InChI=1S/C16H23BrN2/c1-13-10-18-8-3-2-7-16(18)12-19(13)11-14-5-4-6-15(17)9-14/h4-6,9,13,16H,2-3,7-8,10-12H2,1H3/t13-,16-/m1/s1. The molecule has 0 N–H and O–H groups in total. The summed E-state index contributed by atoms with van der Waals surface area (Å²) in [5.41, 5.74) is 1.42. The van der Waals surface area contributed by atoms with Gasteiger partial charge in [-0.2, -0.15) is 0 Å². The molecular formula is C16H23BrN2. The number of benzene rings is 1. The van der Waals surface area contributed by atoms with E-state index in [9.17, 15) is 0 Å². The highest BCUT2D eigenvalue weighted by atomic mass is 79.9. The summed E-state index contributed by atoms with van der Waals surface area (Å²) in [6.07, 6.45) is 4.21. The van der Waals surface area contributed by atoms with Gasteiger partial charge in [0.25, 0.3) is 0 Å². The quantitative estimate of drug-likeness (QED) is 0.822. The molecule has 0 aromatic heterocycles. The monoisotopic (exact) mass is 322 g/mol. The Morgan fingerprint density at radius 3 is 3.00 bits per heavy atom. The Bertz CT molecular complexity index is 435. The molecule has 19 heavy (non-hydrogen) atoms. The van der Waals surface area contributed by atoms with E-state index in [0.717, 1.165) is 12.6 Å². The van der Waals surface area contributed by atoms with Crippen molar-refractivity contribution in [3.05, 3.63) is 34.3 Å². The fourth-order valence-electron chi connectivity index (χ4n) is 3.50. The van der Waals surface area contributed by atoms with Crippen molar-refractivity contribution in [1.82, 2.24) is 9.80 Å². The Kier molecular flexibility index (Phi) is 4.25. The van der Waals surface area contributed by atoms with Crippen LogP contribution in [0.4, 0.5) is 0 Å². The highest BCUT2D eigenvalue weighted by Gasteiger charge is 2.32. The van der Waals surface area contributed by atoms with Crippen LogP contribution in [0.3, 0.4) is 0 Å². The lowest BCUT2D eigenvalue weighted by Crippen LogP contribution is -2.58. The average molecular weight is 323 g/mol. The number of rotatable bonds is 2. The zero-order chi connectivity index (χ0) is 13.2. The molecular weight excluding hydrogens is 300 g/mol. The third kappa shape index (κ3) is 3.21. The van der Waals surface area contributed by atoms with Crippen molar-refractivity contribution in [2.75, 3.05) is 19.6 Å². The summed E-state index contributed by atoms with van der Waals surface area (Å²) in [4.78, 5) is 5.37. The van der Waals surface area contributed by atoms with E-state index in [2.05, 4.69) is 56.9 Å². The summed E-state index contributed by atoms with van der Waals surface area (Å²) < 4.78 is 1.19. The van der Waals surface area contributed by atoms with Gasteiger partial charge in [0, 0.05) is 36.2 Å². The summed E-state index contributed by atoms with van der Waals surface area (Å²) in [6, 6.07) is 10.2. The van der Waals surface area contributed by atoms with Crippen molar-refractivity contribution in [1.29, 1.82) is 0 Å². The van der Waals surface area contributed by atoms with Gasteiger partial charge in [-0.15, -0.1) is 0 Å². The topological polar surface area (TPSA) is 6.48 Å². The summed E-state index contributed by atoms with van der Waals surface area (Å²) >= 11 is 3.57. The molecule has 2 heterocycles. The number of hydrogen-bond acceptors (Lipinski definition) is 2. The largest absolute Gasteiger partial charge is 0.298 e. The van der Waals surface area contributed by atoms with E-state index in [0.29, 0.717) is 6.04 Å². The third-order valence-corrected chi connectivity index (χ3v) is 5.08. The van der Waals surface area contributed by atoms with Crippen molar-refractivity contribution in [2.24, 2.45) is 0 Å². The molecule has 0 radical (unpaired) electrons. The van der Waals surface area contributed by atoms with Gasteiger partial charge in [-0.1, -0.05) is 34.5 Å². The number of hydrogen-bond donors (Lipinski definition) is 0. The SMILES string of the molecule is C[C@@H]1CN2CCCC[C@@H]2CN1Cc1cccc(Br)c1. The van der Waals surface area contributed by atoms with Gasteiger partial charge in [0.05, 0.1) is 0 Å². The van der Waals surface area contributed by atoms with E-state index in [1.807, 2.05) is 0 Å². The highest BCUT2D eigenvalue weighted by Crippen LogP contribution is 2.25. The van der Waals surface area contributed by atoms with Gasteiger partial charge >= 0.3 is 0 Å². The van der Waals surface area contributed by atoms with Crippen molar-refractivity contribution in [3.8, 4) is 0 Å². The summed E-state index contributed by atoms with van der Waals surface area (Å²) in [5.74, 6) is 0. The van der Waals surface area contributed by atoms with Gasteiger partial charge in [0.2, 0.25) is 0 Å². The Hall–Kier alpha value is -0.380. The molecule has 0 aliphatic carbocycles. The summed E-state index contributed by atoms with van der Waals surface area (Å²) in [5, 5.41) is 0. The Morgan fingerprint density at radius 2 is 2.16 bits per heavy atom. The molecule has 3 rings (SSSR count). The van der Waals surface area contributed by atoms with E-state index in [1.165, 1.54) is 48.9 Å². The van der Waals surface area contributed by atoms with Crippen LogP contribution in [-0.4, -0.2) is 41.5 Å². The van der Waals surface area contributed by atoms with Gasteiger partial charge in [-0.3, -0.25) is 9.80 Å². The minimum Gasteiger partial charge on any atom is -0.298 e. The van der Waals surface area contributed by atoms with Crippen LogP contribution in [0.5, 0.6) is 0 Å². The van der Waals surface area contributed by atoms with Crippen LogP contribution >= 0.6 is 15.9 Å². The molecule has 0 amide bonds. The van der Waals surface area contributed by atoms with Crippen molar-refractivity contribution in [3.63, 3.8) is 0 Å². The fraction of sp³-hybridized carbons (Fsp3) is 0.625. The normalized spacial score (nSPS) is 29.2. The second-order valence-corrected chi connectivity index (χ2v) is 6.97. The lowest BCUT2D eigenvalue weighted by atomic mass is 9.97. The van der Waals surface area contributed by atoms with Crippen LogP contribution < -0.4 is 0 Å². The Balaban J connectivity index is 1.67. The zero-order valence-corrected chi connectivity index (χ0v) is 13.3. The van der Waals surface area contributed by atoms with Crippen molar-refractivity contribution >= 4 is 15.9 Å². The van der Waals surface area contributed by atoms with Crippen LogP contribution in [0.1, 0.15) is 31.7 Å². The van der Waals surface area contributed by atoms with E-state index in [4.69, 9.17) is 0 Å². The predicted octanol–water partition coefficient (Wildman–Crippen LogP) is 3.51.